The lowest BCUT2D eigenvalue weighted by atomic mass is 10.1. The normalized spacial score (nSPS) is 11.9. The second-order valence-electron chi connectivity index (χ2n) is 2.46. The number of carbonyl (C=O) groups is 3. The molecular formula is C7H6F4O5. The first kappa shape index (κ1) is 14.3. The third-order valence-corrected chi connectivity index (χ3v) is 1.45. The van der Waals surface area contributed by atoms with Crippen LogP contribution in [0.2, 0.25) is 0 Å². The van der Waals surface area contributed by atoms with E-state index in [1.165, 1.54) is 0 Å². The Labute approximate surface area is 86.3 Å². The molecule has 5 nitrogen and oxygen atoms in total. The van der Waals surface area contributed by atoms with Gasteiger partial charge in [-0.3, -0.25) is 4.79 Å². The largest absolute Gasteiger partial charge is 0.464 e. The van der Waals surface area contributed by atoms with E-state index >= 15 is 0 Å². The average molecular weight is 246 g/mol. The van der Waals surface area contributed by atoms with Crippen molar-refractivity contribution >= 4 is 17.7 Å². The average Bonchev–Trinajstić information content (AvgIpc) is 2.25. The Hall–Kier alpha value is -1.67. The van der Waals surface area contributed by atoms with Gasteiger partial charge in [0.2, 0.25) is 0 Å². The summed E-state index contributed by atoms with van der Waals surface area (Å²) in [7, 11) is 0.944. The van der Waals surface area contributed by atoms with Crippen LogP contribution in [0.3, 0.4) is 0 Å². The number of ketones is 1. The lowest BCUT2D eigenvalue weighted by Gasteiger charge is -2.17. The summed E-state index contributed by atoms with van der Waals surface area (Å²) < 4.78 is 57.7. The van der Waals surface area contributed by atoms with Gasteiger partial charge in [-0.2, -0.15) is 17.6 Å². The van der Waals surface area contributed by atoms with E-state index in [0.29, 0.717) is 14.2 Å². The minimum absolute atomic E-state index is 0.472. The molecule has 0 aliphatic heterocycles. The molecule has 0 saturated heterocycles. The number of ether oxygens (including phenoxy) is 2. The van der Waals surface area contributed by atoms with E-state index in [0.717, 1.165) is 0 Å². The van der Waals surface area contributed by atoms with Crippen molar-refractivity contribution in [2.24, 2.45) is 0 Å². The number of alkyl halides is 4. The number of Topliss-reactive ketones (excluding diaryl/α,β-unsaturated/α-hetero) is 1. The fourth-order valence-corrected chi connectivity index (χ4v) is 0.639. The van der Waals surface area contributed by atoms with E-state index in [1.54, 1.807) is 0 Å². The maximum atomic E-state index is 12.7. The van der Waals surface area contributed by atoms with Gasteiger partial charge in [-0.15, -0.1) is 0 Å². The topological polar surface area (TPSA) is 69.7 Å². The molecule has 0 rings (SSSR count). The molecule has 0 aliphatic carbocycles. The number of methoxy groups -OCH3 is 2. The summed E-state index contributed by atoms with van der Waals surface area (Å²) >= 11 is 0. The smallest absolute Gasteiger partial charge is 0.406 e. The summed E-state index contributed by atoms with van der Waals surface area (Å²) in [4.78, 5) is 31.3. The molecule has 0 fully saturated rings. The molecule has 0 aliphatic rings. The highest BCUT2D eigenvalue weighted by Crippen LogP contribution is 2.28. The molecule has 0 spiro atoms. The zero-order valence-corrected chi connectivity index (χ0v) is 8.05. The Bertz CT molecular complexity index is 295. The van der Waals surface area contributed by atoms with Gasteiger partial charge in [0.25, 0.3) is 5.78 Å². The number of rotatable bonds is 4. The molecule has 0 heterocycles. The van der Waals surface area contributed by atoms with Crippen LogP contribution < -0.4 is 0 Å². The fraction of sp³-hybridized carbons (Fsp3) is 0.571. The molecule has 0 saturated carbocycles. The van der Waals surface area contributed by atoms with Gasteiger partial charge < -0.3 is 9.47 Å². The molecule has 0 aromatic heterocycles. The van der Waals surface area contributed by atoms with Crippen molar-refractivity contribution in [3.05, 3.63) is 0 Å². The van der Waals surface area contributed by atoms with Crippen LogP contribution in [0.25, 0.3) is 0 Å². The quantitative estimate of drug-likeness (QED) is 0.402. The van der Waals surface area contributed by atoms with E-state index in [4.69, 9.17) is 0 Å². The summed E-state index contributed by atoms with van der Waals surface area (Å²) in [5, 5.41) is 0. The van der Waals surface area contributed by atoms with Crippen molar-refractivity contribution in [1.82, 2.24) is 0 Å². The van der Waals surface area contributed by atoms with Crippen molar-refractivity contribution in [1.29, 1.82) is 0 Å². The summed E-state index contributed by atoms with van der Waals surface area (Å²) in [6, 6.07) is 0. The molecule has 0 bridgehead atoms. The molecule has 0 atom stereocenters. The fourth-order valence-electron chi connectivity index (χ4n) is 0.639. The van der Waals surface area contributed by atoms with Crippen LogP contribution in [0.4, 0.5) is 17.6 Å². The zero-order chi connectivity index (χ0) is 13.1. The third-order valence-electron chi connectivity index (χ3n) is 1.45. The van der Waals surface area contributed by atoms with Crippen LogP contribution in [-0.4, -0.2) is 43.8 Å². The first-order chi connectivity index (χ1) is 7.12. The van der Waals surface area contributed by atoms with E-state index in [1.807, 2.05) is 0 Å². The van der Waals surface area contributed by atoms with Gasteiger partial charge in [0.15, 0.2) is 0 Å². The predicted octanol–water partition coefficient (Wildman–Crippen LogP) is 0.172. The van der Waals surface area contributed by atoms with Gasteiger partial charge in [-0.1, -0.05) is 0 Å². The number of hydrogen-bond donors (Lipinski definition) is 0. The first-order valence-electron chi connectivity index (χ1n) is 3.59. The molecule has 92 valence electrons. The molecule has 0 aromatic carbocycles. The van der Waals surface area contributed by atoms with E-state index in [2.05, 4.69) is 9.47 Å². The standard InChI is InChI=1S/C7H6F4O5/c1-15-4(13)6(8,9)3(12)7(10,11)5(14)16-2/h1-2H3. The zero-order valence-electron chi connectivity index (χ0n) is 8.05. The van der Waals surface area contributed by atoms with Gasteiger partial charge >= 0.3 is 23.8 Å². The second-order valence-corrected chi connectivity index (χ2v) is 2.46. The van der Waals surface area contributed by atoms with Crippen molar-refractivity contribution in [2.45, 2.75) is 11.8 Å². The minimum atomic E-state index is -5.12. The van der Waals surface area contributed by atoms with E-state index in [-0.39, 0.29) is 0 Å². The summed E-state index contributed by atoms with van der Waals surface area (Å²) in [5.41, 5.74) is 0. The Kier molecular flexibility index (Phi) is 3.99. The molecule has 0 aromatic rings. The number of hydrogen-bond acceptors (Lipinski definition) is 5. The highest BCUT2D eigenvalue weighted by Gasteiger charge is 2.64. The number of halogens is 4. The van der Waals surface area contributed by atoms with Crippen LogP contribution >= 0.6 is 0 Å². The predicted molar refractivity (Wildman–Crippen MR) is 38.9 cm³/mol. The highest BCUT2D eigenvalue weighted by atomic mass is 19.3. The van der Waals surface area contributed by atoms with Crippen molar-refractivity contribution in [3.8, 4) is 0 Å². The Morgan fingerprint density at radius 3 is 1.25 bits per heavy atom. The van der Waals surface area contributed by atoms with Gasteiger partial charge in [0.1, 0.15) is 0 Å². The van der Waals surface area contributed by atoms with Crippen LogP contribution in [0.5, 0.6) is 0 Å². The Balaban J connectivity index is 5.21. The number of carbonyl (C=O) groups excluding carboxylic acids is 3. The molecular weight excluding hydrogens is 240 g/mol. The Morgan fingerprint density at radius 1 is 0.812 bits per heavy atom. The van der Waals surface area contributed by atoms with Crippen LogP contribution in [0.1, 0.15) is 0 Å². The third kappa shape index (κ3) is 2.28. The van der Waals surface area contributed by atoms with Crippen molar-refractivity contribution in [2.75, 3.05) is 14.2 Å². The van der Waals surface area contributed by atoms with Gasteiger partial charge in [0.05, 0.1) is 14.2 Å². The first-order valence-corrected chi connectivity index (χ1v) is 3.59. The summed E-state index contributed by atoms with van der Waals surface area (Å²) in [5.74, 6) is -18.4. The van der Waals surface area contributed by atoms with Crippen LogP contribution in [0, 0.1) is 0 Å². The van der Waals surface area contributed by atoms with Crippen molar-refractivity contribution in [3.63, 3.8) is 0 Å². The molecule has 0 N–H and O–H groups in total. The lowest BCUT2D eigenvalue weighted by molar-refractivity contribution is -0.194. The van der Waals surface area contributed by atoms with E-state index < -0.39 is 29.6 Å². The maximum absolute atomic E-state index is 12.7. The maximum Gasteiger partial charge on any atom is 0.406 e. The molecule has 0 radical (unpaired) electrons. The summed E-state index contributed by atoms with van der Waals surface area (Å²) in [6.45, 7) is 0. The second kappa shape index (κ2) is 4.45. The van der Waals surface area contributed by atoms with Crippen molar-refractivity contribution < 1.29 is 41.4 Å². The minimum Gasteiger partial charge on any atom is -0.464 e. The highest BCUT2D eigenvalue weighted by molar-refractivity contribution is 6.16. The van der Waals surface area contributed by atoms with E-state index in [9.17, 15) is 31.9 Å². The summed E-state index contributed by atoms with van der Waals surface area (Å²) in [6.07, 6.45) is 0. The molecule has 9 heteroatoms. The molecule has 0 unspecified atom stereocenters. The van der Waals surface area contributed by atoms with Crippen LogP contribution in [0.15, 0.2) is 0 Å². The lowest BCUT2D eigenvalue weighted by Crippen LogP contribution is -2.52. The Morgan fingerprint density at radius 2 is 1.06 bits per heavy atom. The molecule has 16 heavy (non-hydrogen) atoms. The van der Waals surface area contributed by atoms with Crippen LogP contribution in [-0.2, 0) is 23.9 Å². The SMILES string of the molecule is COC(=O)C(F)(F)C(=O)C(F)(F)C(=O)OC. The van der Waals surface area contributed by atoms with Gasteiger partial charge in [-0.25, -0.2) is 9.59 Å². The van der Waals surface area contributed by atoms with Gasteiger partial charge in [-0.05, 0) is 0 Å². The number of esters is 2. The monoisotopic (exact) mass is 246 g/mol. The van der Waals surface area contributed by atoms with Gasteiger partial charge in [0, 0.05) is 0 Å². The molecule has 0 amide bonds.